The van der Waals surface area contributed by atoms with Gasteiger partial charge in [-0.2, -0.15) is 5.26 Å². The summed E-state index contributed by atoms with van der Waals surface area (Å²) >= 11 is 5.91. The van der Waals surface area contributed by atoms with E-state index in [0.29, 0.717) is 23.5 Å². The molecule has 8 heteroatoms. The molecule has 4 rings (SSSR count). The van der Waals surface area contributed by atoms with Crippen molar-refractivity contribution in [2.24, 2.45) is 0 Å². The lowest BCUT2D eigenvalue weighted by Gasteiger charge is -2.13. The summed E-state index contributed by atoms with van der Waals surface area (Å²) in [5, 5.41) is 17.0. The SMILES string of the molecule is CCc1nc(C)c(CNc2ccc3ncc(C#N)c(Nc4ccc(F)c(Cl)c4)c3c2)[nH]1. The largest absolute Gasteiger partial charge is 0.379 e. The van der Waals surface area contributed by atoms with Crippen molar-refractivity contribution in [3.63, 3.8) is 0 Å². The van der Waals surface area contributed by atoms with Crippen LogP contribution in [0.15, 0.2) is 42.6 Å². The summed E-state index contributed by atoms with van der Waals surface area (Å²) in [6.07, 6.45) is 2.37. The van der Waals surface area contributed by atoms with Gasteiger partial charge in [0.25, 0.3) is 0 Å². The second kappa shape index (κ2) is 8.62. The van der Waals surface area contributed by atoms with Gasteiger partial charge in [0.15, 0.2) is 0 Å². The Morgan fingerprint density at radius 2 is 2.00 bits per heavy atom. The van der Waals surface area contributed by atoms with E-state index in [4.69, 9.17) is 11.6 Å². The van der Waals surface area contributed by atoms with Gasteiger partial charge in [0.05, 0.1) is 39.7 Å². The summed E-state index contributed by atoms with van der Waals surface area (Å²) < 4.78 is 13.5. The number of benzene rings is 2. The first kappa shape index (κ1) is 20.6. The Morgan fingerprint density at radius 3 is 2.71 bits per heavy atom. The normalized spacial score (nSPS) is 10.8. The fraction of sp³-hybridized carbons (Fsp3) is 0.174. The molecule has 156 valence electrons. The average molecular weight is 435 g/mol. The Labute approximate surface area is 184 Å². The molecule has 0 aliphatic carbocycles. The quantitative estimate of drug-likeness (QED) is 0.354. The van der Waals surface area contributed by atoms with E-state index in [1.807, 2.05) is 25.1 Å². The van der Waals surface area contributed by atoms with Gasteiger partial charge in [0, 0.05) is 29.4 Å². The molecular weight excluding hydrogens is 415 g/mol. The number of aromatic amines is 1. The van der Waals surface area contributed by atoms with Crippen LogP contribution in [0, 0.1) is 24.1 Å². The number of anilines is 3. The molecule has 0 saturated carbocycles. The highest BCUT2D eigenvalue weighted by atomic mass is 35.5. The number of halogens is 2. The van der Waals surface area contributed by atoms with Crippen molar-refractivity contribution >= 4 is 39.6 Å². The fourth-order valence-corrected chi connectivity index (χ4v) is 3.51. The van der Waals surface area contributed by atoms with E-state index in [0.717, 1.165) is 40.2 Å². The van der Waals surface area contributed by atoms with Crippen LogP contribution < -0.4 is 10.6 Å². The monoisotopic (exact) mass is 434 g/mol. The van der Waals surface area contributed by atoms with Crippen LogP contribution in [0.1, 0.15) is 29.7 Å². The van der Waals surface area contributed by atoms with Gasteiger partial charge < -0.3 is 15.6 Å². The van der Waals surface area contributed by atoms with Gasteiger partial charge in [-0.25, -0.2) is 9.37 Å². The molecule has 0 atom stereocenters. The maximum absolute atomic E-state index is 13.5. The standard InChI is InChI=1S/C23H20ClFN6/c1-3-22-29-13(2)21(31-22)12-27-15-5-7-20-17(8-15)23(14(10-26)11-28-20)30-16-4-6-19(25)18(24)9-16/h4-9,11,27H,3,12H2,1-2H3,(H,28,30)(H,29,31). The van der Waals surface area contributed by atoms with Crippen LogP contribution >= 0.6 is 11.6 Å². The first-order valence-electron chi connectivity index (χ1n) is 9.81. The Balaban J connectivity index is 1.68. The Kier molecular flexibility index (Phi) is 5.74. The molecule has 0 bridgehead atoms. The highest BCUT2D eigenvalue weighted by Crippen LogP contribution is 2.32. The Bertz CT molecular complexity index is 1310. The third-order valence-corrected chi connectivity index (χ3v) is 5.31. The Morgan fingerprint density at radius 1 is 1.19 bits per heavy atom. The first-order chi connectivity index (χ1) is 15.0. The highest BCUT2D eigenvalue weighted by Gasteiger charge is 2.12. The summed E-state index contributed by atoms with van der Waals surface area (Å²) in [4.78, 5) is 12.2. The molecule has 31 heavy (non-hydrogen) atoms. The van der Waals surface area contributed by atoms with Crippen LogP contribution in [0.5, 0.6) is 0 Å². The maximum atomic E-state index is 13.5. The van der Waals surface area contributed by atoms with E-state index < -0.39 is 5.82 Å². The third-order valence-electron chi connectivity index (χ3n) is 5.02. The molecule has 0 amide bonds. The number of fused-ring (bicyclic) bond motifs is 1. The van der Waals surface area contributed by atoms with E-state index in [1.165, 1.54) is 18.3 Å². The van der Waals surface area contributed by atoms with Gasteiger partial charge in [-0.3, -0.25) is 4.98 Å². The van der Waals surface area contributed by atoms with Crippen LogP contribution in [-0.4, -0.2) is 15.0 Å². The zero-order valence-electron chi connectivity index (χ0n) is 17.1. The second-order valence-electron chi connectivity index (χ2n) is 7.10. The van der Waals surface area contributed by atoms with Gasteiger partial charge in [-0.1, -0.05) is 18.5 Å². The zero-order valence-corrected chi connectivity index (χ0v) is 17.8. The molecule has 0 aliphatic heterocycles. The van der Waals surface area contributed by atoms with E-state index in [-0.39, 0.29) is 5.02 Å². The number of aryl methyl sites for hydroxylation is 2. The number of hydrogen-bond donors (Lipinski definition) is 3. The number of rotatable bonds is 6. The van der Waals surface area contributed by atoms with Gasteiger partial charge in [-0.05, 0) is 43.3 Å². The summed E-state index contributed by atoms with van der Waals surface area (Å²) in [6, 6.07) is 12.3. The maximum Gasteiger partial charge on any atom is 0.141 e. The zero-order chi connectivity index (χ0) is 22.0. The van der Waals surface area contributed by atoms with E-state index in [2.05, 4.69) is 38.6 Å². The highest BCUT2D eigenvalue weighted by molar-refractivity contribution is 6.31. The smallest absolute Gasteiger partial charge is 0.141 e. The molecule has 2 aromatic carbocycles. The lowest BCUT2D eigenvalue weighted by Crippen LogP contribution is -2.02. The predicted octanol–water partition coefficient (Wildman–Crippen LogP) is 5.85. The summed E-state index contributed by atoms with van der Waals surface area (Å²) in [5.74, 6) is 0.458. The molecule has 2 heterocycles. The predicted molar refractivity (Wildman–Crippen MR) is 121 cm³/mol. The molecule has 2 aromatic heterocycles. The van der Waals surface area contributed by atoms with Gasteiger partial charge >= 0.3 is 0 Å². The van der Waals surface area contributed by atoms with E-state index in [9.17, 15) is 9.65 Å². The topological polar surface area (TPSA) is 89.4 Å². The molecule has 0 unspecified atom stereocenters. The van der Waals surface area contributed by atoms with E-state index in [1.54, 1.807) is 6.07 Å². The number of nitriles is 1. The van der Waals surface area contributed by atoms with Crippen LogP contribution in [0.3, 0.4) is 0 Å². The van der Waals surface area contributed by atoms with Crippen molar-refractivity contribution in [3.05, 3.63) is 76.2 Å². The number of pyridine rings is 1. The van der Waals surface area contributed by atoms with Crippen molar-refractivity contribution in [3.8, 4) is 6.07 Å². The van der Waals surface area contributed by atoms with Crippen molar-refractivity contribution in [1.29, 1.82) is 5.26 Å². The van der Waals surface area contributed by atoms with Crippen molar-refractivity contribution < 1.29 is 4.39 Å². The molecule has 6 nitrogen and oxygen atoms in total. The second-order valence-corrected chi connectivity index (χ2v) is 7.51. The number of aromatic nitrogens is 3. The molecule has 0 saturated heterocycles. The van der Waals surface area contributed by atoms with Crippen LogP contribution in [-0.2, 0) is 13.0 Å². The number of nitrogens with one attached hydrogen (secondary N) is 3. The first-order valence-corrected chi connectivity index (χ1v) is 10.2. The summed E-state index contributed by atoms with van der Waals surface area (Å²) in [7, 11) is 0. The third kappa shape index (κ3) is 4.30. The van der Waals surface area contributed by atoms with Gasteiger partial charge in [-0.15, -0.1) is 0 Å². The van der Waals surface area contributed by atoms with Crippen LogP contribution in [0.2, 0.25) is 5.02 Å². The summed E-state index contributed by atoms with van der Waals surface area (Å²) in [6.45, 7) is 4.62. The minimum absolute atomic E-state index is 0.00519. The lowest BCUT2D eigenvalue weighted by atomic mass is 10.1. The molecular formula is C23H20ClFN6. The number of imidazole rings is 1. The van der Waals surface area contributed by atoms with E-state index >= 15 is 0 Å². The lowest BCUT2D eigenvalue weighted by molar-refractivity contribution is 0.628. The van der Waals surface area contributed by atoms with Crippen LogP contribution in [0.4, 0.5) is 21.5 Å². The number of hydrogen-bond acceptors (Lipinski definition) is 5. The minimum Gasteiger partial charge on any atom is -0.379 e. The average Bonchev–Trinajstić information content (AvgIpc) is 3.14. The van der Waals surface area contributed by atoms with Crippen LogP contribution in [0.25, 0.3) is 10.9 Å². The molecule has 0 spiro atoms. The molecule has 0 aliphatic rings. The van der Waals surface area contributed by atoms with Gasteiger partial charge in [0.2, 0.25) is 0 Å². The van der Waals surface area contributed by atoms with Crippen molar-refractivity contribution in [2.75, 3.05) is 10.6 Å². The minimum atomic E-state index is -0.501. The summed E-state index contributed by atoms with van der Waals surface area (Å²) in [5.41, 5.74) is 5.14. The molecule has 3 N–H and O–H groups in total. The van der Waals surface area contributed by atoms with Crippen molar-refractivity contribution in [2.45, 2.75) is 26.8 Å². The number of nitrogens with zero attached hydrogens (tertiary/aromatic N) is 3. The van der Waals surface area contributed by atoms with Crippen molar-refractivity contribution in [1.82, 2.24) is 15.0 Å². The fourth-order valence-electron chi connectivity index (χ4n) is 3.33. The number of H-pyrrole nitrogens is 1. The Hall–Kier alpha value is -3.63. The van der Waals surface area contributed by atoms with Gasteiger partial charge in [0.1, 0.15) is 17.7 Å². The molecule has 4 aromatic rings. The molecule has 0 fully saturated rings. The molecule has 0 radical (unpaired) electrons.